The van der Waals surface area contributed by atoms with E-state index in [0.717, 1.165) is 0 Å². The van der Waals surface area contributed by atoms with Gasteiger partial charge in [0, 0.05) is 25.3 Å². The van der Waals surface area contributed by atoms with Gasteiger partial charge in [0.25, 0.3) is 0 Å². The smallest absolute Gasteiger partial charge is 0.148 e. The van der Waals surface area contributed by atoms with Gasteiger partial charge in [-0.05, 0) is 25.1 Å². The normalized spacial score (nSPS) is 28.3. The first-order valence-electron chi connectivity index (χ1n) is 5.64. The zero-order valence-electron chi connectivity index (χ0n) is 9.74. The fourth-order valence-corrected chi connectivity index (χ4v) is 1.93. The van der Waals surface area contributed by atoms with Crippen LogP contribution in [-0.4, -0.2) is 30.0 Å². The highest BCUT2D eigenvalue weighted by Gasteiger charge is 2.39. The molecule has 0 radical (unpaired) electrons. The van der Waals surface area contributed by atoms with Gasteiger partial charge in [-0.2, -0.15) is 0 Å². The second-order valence-corrected chi connectivity index (χ2v) is 4.46. The Bertz CT molecular complexity index is 413. The van der Waals surface area contributed by atoms with E-state index in [4.69, 9.17) is 10.5 Å². The minimum Gasteiger partial charge on any atom is -0.399 e. The van der Waals surface area contributed by atoms with Crippen molar-refractivity contribution >= 4 is 11.4 Å². The van der Waals surface area contributed by atoms with Gasteiger partial charge in [0.1, 0.15) is 11.4 Å². The lowest BCUT2D eigenvalue weighted by molar-refractivity contribution is -0.0176. The lowest BCUT2D eigenvalue weighted by Crippen LogP contribution is -2.43. The molecule has 5 heteroatoms. The number of hydrogen-bond acceptors (Lipinski definition) is 4. The third-order valence-corrected chi connectivity index (χ3v) is 3.24. The quantitative estimate of drug-likeness (QED) is 0.698. The molecule has 1 fully saturated rings. The molecule has 2 atom stereocenters. The number of ether oxygens (including phenoxy) is 1. The first-order valence-corrected chi connectivity index (χ1v) is 5.64. The molecule has 1 saturated heterocycles. The maximum absolute atomic E-state index is 13.5. The van der Waals surface area contributed by atoms with Crippen LogP contribution in [-0.2, 0) is 4.74 Å². The first kappa shape index (κ1) is 12.1. The summed E-state index contributed by atoms with van der Waals surface area (Å²) < 4.78 is 18.8. The highest BCUT2D eigenvalue weighted by molar-refractivity contribution is 5.52. The van der Waals surface area contributed by atoms with Crippen molar-refractivity contribution in [1.29, 1.82) is 0 Å². The molecule has 17 heavy (non-hydrogen) atoms. The number of nitrogens with two attached hydrogens (primary N) is 1. The van der Waals surface area contributed by atoms with Crippen LogP contribution in [0.2, 0.25) is 0 Å². The van der Waals surface area contributed by atoms with E-state index in [1.807, 2.05) is 6.92 Å². The lowest BCUT2D eigenvalue weighted by Gasteiger charge is -2.26. The predicted octanol–water partition coefficient (Wildman–Crippen LogP) is 1.36. The molecule has 94 valence electrons. The van der Waals surface area contributed by atoms with Gasteiger partial charge in [-0.1, -0.05) is 0 Å². The predicted molar refractivity (Wildman–Crippen MR) is 64.3 cm³/mol. The third kappa shape index (κ3) is 2.50. The molecule has 1 heterocycles. The van der Waals surface area contributed by atoms with Crippen molar-refractivity contribution in [1.82, 2.24) is 0 Å². The van der Waals surface area contributed by atoms with Crippen LogP contribution in [0.5, 0.6) is 0 Å². The number of aliphatic hydroxyl groups is 1. The van der Waals surface area contributed by atoms with Crippen molar-refractivity contribution in [2.75, 3.05) is 24.2 Å². The van der Waals surface area contributed by atoms with Crippen LogP contribution in [0.25, 0.3) is 0 Å². The van der Waals surface area contributed by atoms with Gasteiger partial charge in [0.15, 0.2) is 0 Å². The number of anilines is 2. The maximum Gasteiger partial charge on any atom is 0.148 e. The van der Waals surface area contributed by atoms with Gasteiger partial charge in [0.2, 0.25) is 0 Å². The Hall–Kier alpha value is -1.33. The summed E-state index contributed by atoms with van der Waals surface area (Å²) in [4.78, 5) is 0. The maximum atomic E-state index is 13.5. The highest BCUT2D eigenvalue weighted by atomic mass is 19.1. The van der Waals surface area contributed by atoms with Crippen LogP contribution >= 0.6 is 0 Å². The van der Waals surface area contributed by atoms with Gasteiger partial charge in [-0.3, -0.25) is 0 Å². The zero-order valence-corrected chi connectivity index (χ0v) is 9.74. The molecule has 0 spiro atoms. The standard InChI is InChI=1S/C12H17FN2O2/c1-8-12(16,4-5-17-8)7-15-11-3-2-9(14)6-10(11)13/h2-3,6,8,15-16H,4-5,7,14H2,1H3. The summed E-state index contributed by atoms with van der Waals surface area (Å²) >= 11 is 0. The van der Waals surface area contributed by atoms with Crippen LogP contribution in [0.1, 0.15) is 13.3 Å². The molecule has 0 saturated carbocycles. The molecular formula is C12H17FN2O2. The second-order valence-electron chi connectivity index (χ2n) is 4.46. The molecule has 1 aliphatic heterocycles. The third-order valence-electron chi connectivity index (χ3n) is 3.24. The molecule has 0 aliphatic carbocycles. The summed E-state index contributed by atoms with van der Waals surface area (Å²) in [5.74, 6) is -0.417. The molecule has 1 aromatic rings. The number of nitrogens with one attached hydrogen (secondary N) is 1. The Morgan fingerprint density at radius 3 is 3.00 bits per heavy atom. The van der Waals surface area contributed by atoms with Crippen LogP contribution in [0.4, 0.5) is 15.8 Å². The Morgan fingerprint density at radius 1 is 1.65 bits per heavy atom. The Morgan fingerprint density at radius 2 is 2.41 bits per heavy atom. The Balaban J connectivity index is 2.02. The average molecular weight is 240 g/mol. The van der Waals surface area contributed by atoms with E-state index in [9.17, 15) is 9.50 Å². The van der Waals surface area contributed by atoms with Crippen molar-refractivity contribution in [2.24, 2.45) is 0 Å². The number of halogens is 1. The van der Waals surface area contributed by atoms with Crippen molar-refractivity contribution in [3.05, 3.63) is 24.0 Å². The molecule has 2 rings (SSSR count). The highest BCUT2D eigenvalue weighted by Crippen LogP contribution is 2.26. The molecule has 4 N–H and O–H groups in total. The Labute approximate surface area is 99.6 Å². The molecular weight excluding hydrogens is 223 g/mol. The second kappa shape index (κ2) is 4.50. The largest absolute Gasteiger partial charge is 0.399 e. The Kier molecular flexibility index (Phi) is 3.22. The van der Waals surface area contributed by atoms with Crippen LogP contribution < -0.4 is 11.1 Å². The molecule has 2 unspecified atom stereocenters. The van der Waals surface area contributed by atoms with Gasteiger partial charge < -0.3 is 20.9 Å². The van der Waals surface area contributed by atoms with E-state index in [1.54, 1.807) is 12.1 Å². The fraction of sp³-hybridized carbons (Fsp3) is 0.500. The summed E-state index contributed by atoms with van der Waals surface area (Å²) in [6.45, 7) is 2.60. The van der Waals surface area contributed by atoms with Crippen LogP contribution in [0, 0.1) is 5.82 Å². The molecule has 1 aliphatic rings. The SMILES string of the molecule is CC1OCCC1(O)CNc1ccc(N)cc1F. The summed E-state index contributed by atoms with van der Waals surface area (Å²) in [6, 6.07) is 4.43. The number of benzene rings is 1. The van der Waals surface area contributed by atoms with Crippen molar-refractivity contribution < 1.29 is 14.2 Å². The van der Waals surface area contributed by atoms with E-state index in [2.05, 4.69) is 5.32 Å². The van der Waals surface area contributed by atoms with E-state index in [1.165, 1.54) is 6.07 Å². The van der Waals surface area contributed by atoms with Crippen molar-refractivity contribution in [2.45, 2.75) is 25.0 Å². The minimum atomic E-state index is -0.937. The molecule has 4 nitrogen and oxygen atoms in total. The van der Waals surface area contributed by atoms with Gasteiger partial charge in [-0.15, -0.1) is 0 Å². The number of hydrogen-bond donors (Lipinski definition) is 3. The molecule has 0 aromatic heterocycles. The van der Waals surface area contributed by atoms with Crippen molar-refractivity contribution in [3.8, 4) is 0 Å². The monoisotopic (exact) mass is 240 g/mol. The van der Waals surface area contributed by atoms with Gasteiger partial charge >= 0.3 is 0 Å². The molecule has 1 aromatic carbocycles. The van der Waals surface area contributed by atoms with Gasteiger partial charge in [-0.25, -0.2) is 4.39 Å². The molecule has 0 amide bonds. The summed E-state index contributed by atoms with van der Waals surface area (Å²) in [7, 11) is 0. The topological polar surface area (TPSA) is 67.5 Å². The first-order chi connectivity index (χ1) is 8.01. The molecule has 0 bridgehead atoms. The lowest BCUT2D eigenvalue weighted by atomic mass is 9.96. The summed E-state index contributed by atoms with van der Waals surface area (Å²) in [6.07, 6.45) is 0.310. The van der Waals surface area contributed by atoms with Gasteiger partial charge in [0.05, 0.1) is 11.8 Å². The number of rotatable bonds is 3. The van der Waals surface area contributed by atoms with E-state index < -0.39 is 11.4 Å². The number of nitrogen functional groups attached to an aromatic ring is 1. The van der Waals surface area contributed by atoms with E-state index >= 15 is 0 Å². The van der Waals surface area contributed by atoms with Crippen LogP contribution in [0.3, 0.4) is 0 Å². The van der Waals surface area contributed by atoms with Crippen LogP contribution in [0.15, 0.2) is 18.2 Å². The summed E-state index contributed by atoms with van der Waals surface area (Å²) in [5, 5.41) is 13.1. The van der Waals surface area contributed by atoms with Crippen molar-refractivity contribution in [3.63, 3.8) is 0 Å². The summed E-state index contributed by atoms with van der Waals surface area (Å²) in [5.41, 5.74) is 5.24. The zero-order chi connectivity index (χ0) is 12.5. The minimum absolute atomic E-state index is 0.244. The fourth-order valence-electron chi connectivity index (χ4n) is 1.93. The average Bonchev–Trinajstić information content (AvgIpc) is 2.59. The van der Waals surface area contributed by atoms with E-state index in [-0.39, 0.29) is 12.6 Å². The van der Waals surface area contributed by atoms with E-state index in [0.29, 0.717) is 24.4 Å².